The standard InChI is InChI=1S/C11H13ClN4O2/c12-3-8-1-7(4-15-16-11(13)14)2-9-5-17-6-18-10(8)9/h1-2,4H,3,5-6H2,(H4,13,14,16). The van der Waals surface area contributed by atoms with Crippen LogP contribution < -0.4 is 16.2 Å². The molecule has 0 aliphatic carbocycles. The average molecular weight is 269 g/mol. The van der Waals surface area contributed by atoms with Crippen molar-refractivity contribution in [3.05, 3.63) is 28.8 Å². The van der Waals surface area contributed by atoms with Gasteiger partial charge < -0.3 is 20.9 Å². The number of nitrogens with two attached hydrogens (primary N) is 2. The average Bonchev–Trinajstić information content (AvgIpc) is 2.37. The van der Waals surface area contributed by atoms with E-state index in [1.165, 1.54) is 0 Å². The van der Waals surface area contributed by atoms with Crippen LogP contribution >= 0.6 is 11.6 Å². The van der Waals surface area contributed by atoms with E-state index in [9.17, 15) is 0 Å². The topological polar surface area (TPSA) is 95.2 Å². The lowest BCUT2D eigenvalue weighted by Gasteiger charge is -2.20. The second kappa shape index (κ2) is 5.70. The Balaban J connectivity index is 2.32. The highest BCUT2D eigenvalue weighted by Crippen LogP contribution is 2.30. The fraction of sp³-hybridized carbons (Fsp3) is 0.273. The molecule has 0 amide bonds. The van der Waals surface area contributed by atoms with E-state index in [2.05, 4.69) is 10.2 Å². The Morgan fingerprint density at radius 2 is 2.28 bits per heavy atom. The van der Waals surface area contributed by atoms with Gasteiger partial charge in [-0.3, -0.25) is 0 Å². The predicted octanol–water partition coefficient (Wildman–Crippen LogP) is 0.899. The van der Waals surface area contributed by atoms with Crippen LogP contribution in [0.5, 0.6) is 5.75 Å². The van der Waals surface area contributed by atoms with Crippen LogP contribution in [0.3, 0.4) is 0 Å². The number of hydrogen-bond donors (Lipinski definition) is 2. The molecule has 2 rings (SSSR count). The summed E-state index contributed by atoms with van der Waals surface area (Å²) in [5.74, 6) is 1.05. The van der Waals surface area contributed by atoms with Gasteiger partial charge in [-0.15, -0.1) is 16.7 Å². The van der Waals surface area contributed by atoms with E-state index >= 15 is 0 Å². The molecule has 1 heterocycles. The van der Waals surface area contributed by atoms with Crippen LogP contribution in [0.15, 0.2) is 22.3 Å². The SMILES string of the molecule is NC(N)=NN=Cc1cc(CCl)c2c(c1)COCO2. The highest BCUT2D eigenvalue weighted by atomic mass is 35.5. The van der Waals surface area contributed by atoms with Gasteiger partial charge >= 0.3 is 0 Å². The lowest BCUT2D eigenvalue weighted by Crippen LogP contribution is -2.21. The number of hydrogen-bond acceptors (Lipinski definition) is 4. The summed E-state index contributed by atoms with van der Waals surface area (Å²) in [6.07, 6.45) is 1.55. The first-order valence-electron chi connectivity index (χ1n) is 5.25. The fourth-order valence-corrected chi connectivity index (χ4v) is 1.86. The minimum atomic E-state index is -0.0894. The van der Waals surface area contributed by atoms with Crippen molar-refractivity contribution in [2.75, 3.05) is 6.79 Å². The third-order valence-corrected chi connectivity index (χ3v) is 2.62. The molecule has 4 N–H and O–H groups in total. The molecule has 0 spiro atoms. The highest BCUT2D eigenvalue weighted by molar-refractivity contribution is 6.17. The highest BCUT2D eigenvalue weighted by Gasteiger charge is 2.15. The van der Waals surface area contributed by atoms with E-state index in [4.69, 9.17) is 32.5 Å². The molecule has 6 nitrogen and oxygen atoms in total. The third-order valence-electron chi connectivity index (χ3n) is 2.33. The summed E-state index contributed by atoms with van der Waals surface area (Å²) in [4.78, 5) is 0. The first kappa shape index (κ1) is 12.7. The van der Waals surface area contributed by atoms with E-state index < -0.39 is 0 Å². The van der Waals surface area contributed by atoms with Crippen LogP contribution in [0.4, 0.5) is 0 Å². The number of halogens is 1. The molecule has 0 aromatic heterocycles. The molecule has 96 valence electrons. The van der Waals surface area contributed by atoms with E-state index in [1.54, 1.807) is 6.21 Å². The van der Waals surface area contributed by atoms with Gasteiger partial charge in [0.25, 0.3) is 0 Å². The largest absolute Gasteiger partial charge is 0.467 e. The van der Waals surface area contributed by atoms with Gasteiger partial charge in [-0.2, -0.15) is 5.10 Å². The molecular weight excluding hydrogens is 256 g/mol. The van der Waals surface area contributed by atoms with Crippen molar-refractivity contribution in [3.8, 4) is 5.75 Å². The van der Waals surface area contributed by atoms with Crippen molar-refractivity contribution in [1.29, 1.82) is 0 Å². The van der Waals surface area contributed by atoms with Crippen molar-refractivity contribution in [1.82, 2.24) is 0 Å². The van der Waals surface area contributed by atoms with E-state index in [-0.39, 0.29) is 12.8 Å². The van der Waals surface area contributed by atoms with Crippen LogP contribution in [0.2, 0.25) is 0 Å². The molecule has 18 heavy (non-hydrogen) atoms. The van der Waals surface area contributed by atoms with Crippen molar-refractivity contribution in [3.63, 3.8) is 0 Å². The van der Waals surface area contributed by atoms with E-state index in [1.807, 2.05) is 12.1 Å². The molecular formula is C11H13ClN4O2. The molecule has 0 unspecified atom stereocenters. The van der Waals surface area contributed by atoms with E-state index in [0.29, 0.717) is 12.5 Å². The van der Waals surface area contributed by atoms with Crippen LogP contribution in [-0.4, -0.2) is 19.0 Å². The zero-order valence-corrected chi connectivity index (χ0v) is 10.4. The molecule has 7 heteroatoms. The Bertz CT molecular complexity index is 481. The monoisotopic (exact) mass is 268 g/mol. The van der Waals surface area contributed by atoms with Gasteiger partial charge in [-0.1, -0.05) is 0 Å². The Hall–Kier alpha value is -1.79. The summed E-state index contributed by atoms with van der Waals surface area (Å²) < 4.78 is 10.6. The summed E-state index contributed by atoms with van der Waals surface area (Å²) in [5, 5.41) is 7.29. The number of ether oxygens (including phenoxy) is 2. The summed E-state index contributed by atoms with van der Waals surface area (Å²) in [5.41, 5.74) is 13.0. The molecule has 1 aliphatic heterocycles. The molecule has 1 aliphatic rings. The van der Waals surface area contributed by atoms with Crippen LogP contribution in [-0.2, 0) is 17.2 Å². The van der Waals surface area contributed by atoms with Gasteiger partial charge in [0.15, 0.2) is 6.79 Å². The summed E-state index contributed by atoms with van der Waals surface area (Å²) in [6, 6.07) is 3.78. The number of alkyl halides is 1. The number of guanidine groups is 1. The van der Waals surface area contributed by atoms with Gasteiger partial charge in [-0.05, 0) is 17.7 Å². The minimum Gasteiger partial charge on any atom is -0.467 e. The van der Waals surface area contributed by atoms with Gasteiger partial charge in [0.05, 0.1) is 18.7 Å². The summed E-state index contributed by atoms with van der Waals surface area (Å²) in [6.45, 7) is 0.738. The Labute approximate surface area is 109 Å². The maximum atomic E-state index is 5.89. The quantitative estimate of drug-likeness (QED) is 0.368. The maximum Gasteiger partial charge on any atom is 0.211 e. The summed E-state index contributed by atoms with van der Waals surface area (Å²) >= 11 is 5.89. The zero-order chi connectivity index (χ0) is 13.0. The normalized spacial score (nSPS) is 14.1. The van der Waals surface area contributed by atoms with Gasteiger partial charge in [0, 0.05) is 11.1 Å². The van der Waals surface area contributed by atoms with Crippen LogP contribution in [0.25, 0.3) is 0 Å². The van der Waals surface area contributed by atoms with Crippen molar-refractivity contribution in [2.24, 2.45) is 21.7 Å². The Kier molecular flexibility index (Phi) is 4.01. The van der Waals surface area contributed by atoms with Gasteiger partial charge in [0.1, 0.15) is 5.75 Å². The number of rotatable bonds is 3. The first-order chi connectivity index (χ1) is 8.70. The van der Waals surface area contributed by atoms with Crippen LogP contribution in [0, 0.1) is 0 Å². The molecule has 0 saturated carbocycles. The lowest BCUT2D eigenvalue weighted by molar-refractivity contribution is -0.0169. The molecule has 0 fully saturated rings. The molecule has 0 radical (unpaired) electrons. The van der Waals surface area contributed by atoms with Gasteiger partial charge in [-0.25, -0.2) is 0 Å². The van der Waals surface area contributed by atoms with Crippen LogP contribution in [0.1, 0.15) is 16.7 Å². The minimum absolute atomic E-state index is 0.0894. The third kappa shape index (κ3) is 2.91. The Morgan fingerprint density at radius 1 is 1.44 bits per heavy atom. The molecule has 1 aromatic carbocycles. The molecule has 0 atom stereocenters. The maximum absolute atomic E-state index is 5.89. The molecule has 1 aromatic rings. The number of nitrogens with zero attached hydrogens (tertiary/aromatic N) is 2. The zero-order valence-electron chi connectivity index (χ0n) is 9.60. The Morgan fingerprint density at radius 3 is 3.00 bits per heavy atom. The first-order valence-corrected chi connectivity index (χ1v) is 5.78. The second-order valence-electron chi connectivity index (χ2n) is 3.68. The van der Waals surface area contributed by atoms with Crippen molar-refractivity contribution < 1.29 is 9.47 Å². The predicted molar refractivity (Wildman–Crippen MR) is 69.7 cm³/mol. The number of fused-ring (bicyclic) bond motifs is 1. The van der Waals surface area contributed by atoms with Crippen molar-refractivity contribution >= 4 is 23.8 Å². The van der Waals surface area contributed by atoms with E-state index in [0.717, 1.165) is 22.4 Å². The molecule has 0 bridgehead atoms. The molecule has 0 saturated heterocycles. The lowest BCUT2D eigenvalue weighted by atomic mass is 10.1. The summed E-state index contributed by atoms with van der Waals surface area (Å²) in [7, 11) is 0. The smallest absolute Gasteiger partial charge is 0.211 e. The van der Waals surface area contributed by atoms with Crippen molar-refractivity contribution in [2.45, 2.75) is 12.5 Å². The number of benzene rings is 1. The second-order valence-corrected chi connectivity index (χ2v) is 3.95. The fourth-order valence-electron chi connectivity index (χ4n) is 1.66. The van der Waals surface area contributed by atoms with Gasteiger partial charge in [0.2, 0.25) is 5.96 Å².